The quantitative estimate of drug-likeness (QED) is 0.437. The highest BCUT2D eigenvalue weighted by Crippen LogP contribution is 1.99. The second-order valence-corrected chi connectivity index (χ2v) is 4.05. The molecule has 0 rings (SSSR count). The van der Waals surface area contributed by atoms with Crippen LogP contribution in [0.5, 0.6) is 0 Å². The molecule has 0 aliphatic rings. The van der Waals surface area contributed by atoms with Crippen molar-refractivity contribution < 1.29 is 13.5 Å². The molecule has 0 bridgehead atoms. The lowest BCUT2D eigenvalue weighted by atomic mass is 10.6. The number of nitrogens with one attached hydrogen (secondary N) is 1. The van der Waals surface area contributed by atoms with Crippen LogP contribution >= 0.6 is 0 Å². The largest absolute Gasteiger partial charge is 0.395 e. The fraction of sp³-hybridized carbons (Fsp3) is 0.500. The van der Waals surface area contributed by atoms with E-state index in [2.05, 4.69) is 5.32 Å². The van der Waals surface area contributed by atoms with Crippen LogP contribution in [0.15, 0.2) is 11.1 Å². The van der Waals surface area contributed by atoms with E-state index in [1.807, 2.05) is 0 Å². The van der Waals surface area contributed by atoms with E-state index < -0.39 is 9.84 Å². The molecule has 0 aliphatic carbocycles. The van der Waals surface area contributed by atoms with Crippen molar-refractivity contribution in [3.8, 4) is 6.07 Å². The Morgan fingerprint density at radius 1 is 1.75 bits per heavy atom. The number of aliphatic hydroxyl groups is 1. The standard InChI is InChI=1S/C6H10N2O3S/c1-12(10,11)6(4-7)5-8-2-3-9/h5,8-9H,2-3H2,1H3/b6-5+. The normalized spacial score (nSPS) is 12.2. The highest BCUT2D eigenvalue weighted by atomic mass is 32.2. The molecule has 0 saturated carbocycles. The lowest BCUT2D eigenvalue weighted by molar-refractivity contribution is 0.298. The molecule has 68 valence electrons. The van der Waals surface area contributed by atoms with Crippen molar-refractivity contribution in [2.45, 2.75) is 0 Å². The minimum atomic E-state index is -3.44. The van der Waals surface area contributed by atoms with Gasteiger partial charge in [-0.2, -0.15) is 5.26 Å². The van der Waals surface area contributed by atoms with Crippen molar-refractivity contribution in [2.24, 2.45) is 0 Å². The summed E-state index contributed by atoms with van der Waals surface area (Å²) in [7, 11) is -3.44. The summed E-state index contributed by atoms with van der Waals surface area (Å²) in [6, 6.07) is 1.53. The number of allylic oxidation sites excluding steroid dienone is 1. The van der Waals surface area contributed by atoms with E-state index in [0.717, 1.165) is 12.5 Å². The van der Waals surface area contributed by atoms with Crippen molar-refractivity contribution in [3.63, 3.8) is 0 Å². The maximum Gasteiger partial charge on any atom is 0.186 e. The number of aliphatic hydroxyl groups excluding tert-OH is 1. The molecular formula is C6H10N2O3S. The van der Waals surface area contributed by atoms with Crippen LogP contribution in [0, 0.1) is 11.3 Å². The van der Waals surface area contributed by atoms with Gasteiger partial charge in [0.05, 0.1) is 6.61 Å². The first-order valence-electron chi connectivity index (χ1n) is 3.17. The molecule has 0 saturated heterocycles. The predicted molar refractivity (Wildman–Crippen MR) is 43.6 cm³/mol. The van der Waals surface area contributed by atoms with Crippen molar-refractivity contribution in [2.75, 3.05) is 19.4 Å². The van der Waals surface area contributed by atoms with Crippen molar-refractivity contribution in [1.82, 2.24) is 5.32 Å². The van der Waals surface area contributed by atoms with Gasteiger partial charge in [-0.3, -0.25) is 0 Å². The van der Waals surface area contributed by atoms with Gasteiger partial charge in [0, 0.05) is 19.0 Å². The van der Waals surface area contributed by atoms with E-state index in [0.29, 0.717) is 0 Å². The number of nitriles is 1. The minimum Gasteiger partial charge on any atom is -0.395 e. The van der Waals surface area contributed by atoms with Crippen molar-refractivity contribution in [3.05, 3.63) is 11.1 Å². The van der Waals surface area contributed by atoms with Gasteiger partial charge in [0.25, 0.3) is 0 Å². The van der Waals surface area contributed by atoms with Gasteiger partial charge in [-0.1, -0.05) is 0 Å². The molecule has 0 unspecified atom stereocenters. The molecule has 0 fully saturated rings. The zero-order valence-corrected chi connectivity index (χ0v) is 7.43. The Morgan fingerprint density at radius 2 is 2.33 bits per heavy atom. The fourth-order valence-electron chi connectivity index (χ4n) is 0.452. The van der Waals surface area contributed by atoms with Crippen molar-refractivity contribution in [1.29, 1.82) is 5.26 Å². The Morgan fingerprint density at radius 3 is 2.67 bits per heavy atom. The first-order chi connectivity index (χ1) is 5.52. The van der Waals surface area contributed by atoms with Crippen LogP contribution < -0.4 is 5.32 Å². The van der Waals surface area contributed by atoms with Crippen LogP contribution in [0.3, 0.4) is 0 Å². The van der Waals surface area contributed by atoms with Crippen LogP contribution in [0.1, 0.15) is 0 Å². The zero-order valence-electron chi connectivity index (χ0n) is 6.61. The van der Waals surface area contributed by atoms with Gasteiger partial charge in [-0.05, 0) is 0 Å². The molecule has 12 heavy (non-hydrogen) atoms. The summed E-state index contributed by atoms with van der Waals surface area (Å²) < 4.78 is 21.5. The van der Waals surface area contributed by atoms with E-state index in [1.54, 1.807) is 0 Å². The summed E-state index contributed by atoms with van der Waals surface area (Å²) in [5.41, 5.74) is 0. The van der Waals surface area contributed by atoms with Crippen LogP contribution in [0.4, 0.5) is 0 Å². The van der Waals surface area contributed by atoms with Crippen LogP contribution in [-0.2, 0) is 9.84 Å². The highest BCUT2D eigenvalue weighted by Gasteiger charge is 2.08. The van der Waals surface area contributed by atoms with Crippen molar-refractivity contribution >= 4 is 9.84 Å². The smallest absolute Gasteiger partial charge is 0.186 e. The molecule has 0 aromatic carbocycles. The molecule has 6 heteroatoms. The average Bonchev–Trinajstić information content (AvgIpc) is 1.95. The van der Waals surface area contributed by atoms with Crippen LogP contribution in [-0.4, -0.2) is 32.9 Å². The highest BCUT2D eigenvalue weighted by molar-refractivity contribution is 7.94. The number of hydrogen-bond acceptors (Lipinski definition) is 5. The topological polar surface area (TPSA) is 90.2 Å². The molecule has 2 N–H and O–H groups in total. The minimum absolute atomic E-state index is 0.112. The van der Waals surface area contributed by atoms with Gasteiger partial charge >= 0.3 is 0 Å². The maximum atomic E-state index is 10.8. The Hall–Kier alpha value is -1.06. The van der Waals surface area contributed by atoms with E-state index in [4.69, 9.17) is 10.4 Å². The van der Waals surface area contributed by atoms with E-state index in [9.17, 15) is 8.42 Å². The first kappa shape index (κ1) is 10.9. The Kier molecular flexibility index (Phi) is 4.33. The number of sulfone groups is 1. The maximum absolute atomic E-state index is 10.8. The second kappa shape index (κ2) is 4.74. The summed E-state index contributed by atoms with van der Waals surface area (Å²) in [6.45, 7) is 0.111. The molecule has 0 aromatic heterocycles. The molecule has 0 amide bonds. The number of rotatable bonds is 4. The predicted octanol–water partition coefficient (Wildman–Crippen LogP) is -1.02. The summed E-state index contributed by atoms with van der Waals surface area (Å²) in [6.07, 6.45) is 2.02. The molecule has 0 radical (unpaired) electrons. The Bertz CT molecular complexity index is 299. The summed E-state index contributed by atoms with van der Waals surface area (Å²) in [5.74, 6) is 0. The van der Waals surface area contributed by atoms with E-state index >= 15 is 0 Å². The summed E-state index contributed by atoms with van der Waals surface area (Å²) in [5, 5.41) is 19.2. The molecule has 0 aliphatic heterocycles. The SMILES string of the molecule is CS(=O)(=O)/C(C#N)=C/NCCO. The molecule has 0 aromatic rings. The molecule has 5 nitrogen and oxygen atoms in total. The third-order valence-electron chi connectivity index (χ3n) is 0.999. The van der Waals surface area contributed by atoms with Crippen LogP contribution in [0.2, 0.25) is 0 Å². The molecule has 0 atom stereocenters. The van der Waals surface area contributed by atoms with Gasteiger partial charge in [0.1, 0.15) is 6.07 Å². The molecule has 0 spiro atoms. The third kappa shape index (κ3) is 3.95. The molecular weight excluding hydrogens is 180 g/mol. The molecule has 0 heterocycles. The van der Waals surface area contributed by atoms with Gasteiger partial charge < -0.3 is 10.4 Å². The fourth-order valence-corrected chi connectivity index (χ4v) is 0.915. The lowest BCUT2D eigenvalue weighted by Gasteiger charge is -1.97. The average molecular weight is 190 g/mol. The van der Waals surface area contributed by atoms with Crippen LogP contribution in [0.25, 0.3) is 0 Å². The number of hydrogen-bond donors (Lipinski definition) is 2. The summed E-state index contributed by atoms with van der Waals surface area (Å²) >= 11 is 0. The van der Waals surface area contributed by atoms with E-state index in [1.165, 1.54) is 6.07 Å². The monoisotopic (exact) mass is 190 g/mol. The third-order valence-corrected chi connectivity index (χ3v) is 2.01. The zero-order chi connectivity index (χ0) is 9.61. The van der Waals surface area contributed by atoms with Gasteiger partial charge in [0.15, 0.2) is 14.7 Å². The Balaban J connectivity index is 4.39. The lowest BCUT2D eigenvalue weighted by Crippen LogP contribution is -2.13. The Labute approximate surface area is 71.2 Å². The van der Waals surface area contributed by atoms with Gasteiger partial charge in [-0.25, -0.2) is 8.42 Å². The van der Waals surface area contributed by atoms with Gasteiger partial charge in [-0.15, -0.1) is 0 Å². The number of nitrogens with zero attached hydrogens (tertiary/aromatic N) is 1. The first-order valence-corrected chi connectivity index (χ1v) is 5.06. The van der Waals surface area contributed by atoms with E-state index in [-0.39, 0.29) is 18.1 Å². The second-order valence-electron chi connectivity index (χ2n) is 2.07. The van der Waals surface area contributed by atoms with Gasteiger partial charge in [0.2, 0.25) is 0 Å². The summed E-state index contributed by atoms with van der Waals surface area (Å²) in [4.78, 5) is -0.337.